The Balaban J connectivity index is 0. The number of hydrogen-bond acceptors (Lipinski definition) is 3. The average Bonchev–Trinajstić information content (AvgIpc) is 1.97. The molecule has 0 aliphatic carbocycles. The molecule has 0 bridgehead atoms. The molecule has 12 heavy (non-hydrogen) atoms. The summed E-state index contributed by atoms with van der Waals surface area (Å²) in [7, 11) is 0. The summed E-state index contributed by atoms with van der Waals surface area (Å²) in [6.45, 7) is 6.03. The highest BCUT2D eigenvalue weighted by molar-refractivity contribution is 5.85. The Morgan fingerprint density at radius 3 is 2.67 bits per heavy atom. The molecule has 0 aliphatic rings. The van der Waals surface area contributed by atoms with Gasteiger partial charge in [0.2, 0.25) is 0 Å². The summed E-state index contributed by atoms with van der Waals surface area (Å²) in [4.78, 5) is 10.1. The van der Waals surface area contributed by atoms with Gasteiger partial charge in [-0.2, -0.15) is 0 Å². The molecule has 72 valence electrons. The average molecular weight is 195 g/mol. The Hall–Kier alpha value is -0.580. The maximum Gasteiger partial charge on any atom is 0.317 e. The maximum atomic E-state index is 10.1. The largest absolute Gasteiger partial charge is 0.480 e. The second kappa shape index (κ2) is 8.52. The van der Waals surface area contributed by atoms with Gasteiger partial charge in [0.15, 0.2) is 0 Å². The maximum absolute atomic E-state index is 10.1. The minimum absolute atomic E-state index is 0. The lowest BCUT2D eigenvalue weighted by Gasteiger charge is -2.11. The number of rotatable bonds is 6. The highest BCUT2D eigenvalue weighted by Gasteiger charge is 2.00. The number of halogens is 1. The van der Waals surface area contributed by atoms with E-state index in [1.807, 2.05) is 6.92 Å². The lowest BCUT2D eigenvalue weighted by Crippen LogP contribution is -2.42. The van der Waals surface area contributed by atoms with Crippen molar-refractivity contribution in [1.29, 1.82) is 0 Å². The molecule has 0 rings (SSSR count). The Morgan fingerprint density at radius 1 is 1.67 bits per heavy atom. The van der Waals surface area contributed by atoms with Crippen LogP contribution in [0.4, 0.5) is 0 Å². The molecule has 0 heterocycles. The standard InChI is InChI=1S/C7H14N2O2.ClH/c1-3-4-8-6(2)9-5-7(10)11;/h3,6,8-9H,1,4-5H2,2H3,(H,10,11);1H. The van der Waals surface area contributed by atoms with Crippen LogP contribution in [0.1, 0.15) is 6.92 Å². The quantitative estimate of drug-likeness (QED) is 0.418. The van der Waals surface area contributed by atoms with Gasteiger partial charge in [-0.15, -0.1) is 19.0 Å². The second-order valence-corrected chi connectivity index (χ2v) is 2.19. The third kappa shape index (κ3) is 9.42. The molecule has 0 aliphatic heterocycles. The predicted octanol–water partition coefficient (Wildman–Crippen LogP) is 0.204. The number of carboxylic acid groups (broad SMARTS) is 1. The van der Waals surface area contributed by atoms with Crippen molar-refractivity contribution in [2.24, 2.45) is 0 Å². The van der Waals surface area contributed by atoms with Crippen LogP contribution in [-0.2, 0) is 4.79 Å². The van der Waals surface area contributed by atoms with E-state index in [0.717, 1.165) is 0 Å². The van der Waals surface area contributed by atoms with Gasteiger partial charge >= 0.3 is 5.97 Å². The molecule has 0 fully saturated rings. The van der Waals surface area contributed by atoms with Gasteiger partial charge in [0.05, 0.1) is 12.7 Å². The lowest BCUT2D eigenvalue weighted by molar-refractivity contribution is -0.136. The van der Waals surface area contributed by atoms with Crippen LogP contribution in [-0.4, -0.2) is 30.3 Å². The molecule has 0 aromatic heterocycles. The molecule has 0 amide bonds. The number of carboxylic acids is 1. The van der Waals surface area contributed by atoms with Gasteiger partial charge in [-0.25, -0.2) is 0 Å². The van der Waals surface area contributed by atoms with E-state index in [4.69, 9.17) is 5.11 Å². The van der Waals surface area contributed by atoms with Gasteiger partial charge in [-0.1, -0.05) is 6.08 Å². The first-order chi connectivity index (χ1) is 5.16. The van der Waals surface area contributed by atoms with E-state index < -0.39 is 5.97 Å². The first-order valence-corrected chi connectivity index (χ1v) is 3.46. The van der Waals surface area contributed by atoms with Gasteiger partial charge in [-0.05, 0) is 6.92 Å². The molecule has 0 radical (unpaired) electrons. The fourth-order valence-electron chi connectivity index (χ4n) is 0.573. The van der Waals surface area contributed by atoms with Crippen molar-refractivity contribution in [2.75, 3.05) is 13.1 Å². The van der Waals surface area contributed by atoms with Crippen molar-refractivity contribution < 1.29 is 9.90 Å². The van der Waals surface area contributed by atoms with Gasteiger partial charge in [-0.3, -0.25) is 15.4 Å². The Morgan fingerprint density at radius 2 is 2.25 bits per heavy atom. The highest BCUT2D eigenvalue weighted by Crippen LogP contribution is 1.73. The van der Waals surface area contributed by atoms with Crippen molar-refractivity contribution in [3.05, 3.63) is 12.7 Å². The molecule has 1 unspecified atom stereocenters. The van der Waals surface area contributed by atoms with Crippen LogP contribution >= 0.6 is 12.4 Å². The van der Waals surface area contributed by atoms with Crippen molar-refractivity contribution in [3.8, 4) is 0 Å². The zero-order chi connectivity index (χ0) is 8.69. The molecule has 4 nitrogen and oxygen atoms in total. The van der Waals surface area contributed by atoms with Crippen molar-refractivity contribution in [2.45, 2.75) is 13.1 Å². The fourth-order valence-corrected chi connectivity index (χ4v) is 0.573. The highest BCUT2D eigenvalue weighted by atomic mass is 35.5. The summed E-state index contributed by atoms with van der Waals surface area (Å²) in [5.41, 5.74) is 0. The smallest absolute Gasteiger partial charge is 0.317 e. The van der Waals surface area contributed by atoms with Crippen LogP contribution in [0, 0.1) is 0 Å². The van der Waals surface area contributed by atoms with Gasteiger partial charge in [0.1, 0.15) is 0 Å². The summed E-state index contributed by atoms with van der Waals surface area (Å²) in [6.07, 6.45) is 1.72. The predicted molar refractivity (Wildman–Crippen MR) is 50.5 cm³/mol. The van der Waals surface area contributed by atoms with Crippen LogP contribution < -0.4 is 10.6 Å². The number of carbonyl (C=O) groups is 1. The monoisotopic (exact) mass is 194 g/mol. The Kier molecular flexibility index (Phi) is 9.92. The topological polar surface area (TPSA) is 61.4 Å². The van der Waals surface area contributed by atoms with E-state index in [2.05, 4.69) is 17.2 Å². The van der Waals surface area contributed by atoms with Gasteiger partial charge < -0.3 is 5.11 Å². The SMILES string of the molecule is C=CCNC(C)NCC(=O)O.Cl. The summed E-state index contributed by atoms with van der Waals surface area (Å²) >= 11 is 0. The van der Waals surface area contributed by atoms with Crippen LogP contribution in [0.3, 0.4) is 0 Å². The third-order valence-electron chi connectivity index (χ3n) is 1.13. The van der Waals surface area contributed by atoms with Crippen molar-refractivity contribution in [3.63, 3.8) is 0 Å². The normalized spacial score (nSPS) is 11.4. The van der Waals surface area contributed by atoms with Gasteiger partial charge in [0.25, 0.3) is 0 Å². The molecular weight excluding hydrogens is 180 g/mol. The molecule has 0 saturated heterocycles. The second-order valence-electron chi connectivity index (χ2n) is 2.19. The van der Waals surface area contributed by atoms with E-state index in [1.54, 1.807) is 6.08 Å². The summed E-state index contributed by atoms with van der Waals surface area (Å²) in [6, 6.07) is 0. The van der Waals surface area contributed by atoms with Crippen molar-refractivity contribution in [1.82, 2.24) is 10.6 Å². The first kappa shape index (κ1) is 14.0. The van der Waals surface area contributed by atoms with Crippen LogP contribution in [0.15, 0.2) is 12.7 Å². The lowest BCUT2D eigenvalue weighted by atomic mass is 10.5. The zero-order valence-electron chi connectivity index (χ0n) is 7.04. The van der Waals surface area contributed by atoms with E-state index in [9.17, 15) is 4.79 Å². The van der Waals surface area contributed by atoms with Crippen LogP contribution in [0.2, 0.25) is 0 Å². The van der Waals surface area contributed by atoms with Crippen molar-refractivity contribution >= 4 is 18.4 Å². The minimum atomic E-state index is -0.850. The van der Waals surface area contributed by atoms with E-state index in [1.165, 1.54) is 0 Å². The molecular formula is C7H15ClN2O2. The third-order valence-corrected chi connectivity index (χ3v) is 1.13. The number of hydrogen-bond donors (Lipinski definition) is 3. The van der Waals surface area contributed by atoms with E-state index >= 15 is 0 Å². The zero-order valence-corrected chi connectivity index (χ0v) is 7.86. The Bertz CT molecular complexity index is 141. The molecule has 0 aromatic rings. The minimum Gasteiger partial charge on any atom is -0.480 e. The molecule has 0 saturated carbocycles. The number of aliphatic carboxylic acids is 1. The molecule has 3 N–H and O–H groups in total. The van der Waals surface area contributed by atoms with Crippen LogP contribution in [0.25, 0.3) is 0 Å². The van der Waals surface area contributed by atoms with E-state index in [0.29, 0.717) is 6.54 Å². The Labute approximate surface area is 78.4 Å². The summed E-state index contributed by atoms with van der Waals surface area (Å²) < 4.78 is 0. The van der Waals surface area contributed by atoms with Gasteiger partial charge in [0, 0.05) is 6.54 Å². The summed E-state index contributed by atoms with van der Waals surface area (Å²) in [5, 5.41) is 14.0. The fraction of sp³-hybridized carbons (Fsp3) is 0.571. The molecule has 0 spiro atoms. The molecule has 1 atom stereocenters. The summed E-state index contributed by atoms with van der Waals surface area (Å²) in [5.74, 6) is -0.850. The van der Waals surface area contributed by atoms with E-state index in [-0.39, 0.29) is 25.1 Å². The van der Waals surface area contributed by atoms with Crippen LogP contribution in [0.5, 0.6) is 0 Å². The number of nitrogens with one attached hydrogen (secondary N) is 2. The molecule has 5 heteroatoms. The molecule has 0 aromatic carbocycles. The first-order valence-electron chi connectivity index (χ1n) is 3.46.